The molecule has 0 saturated heterocycles. The van der Waals surface area contributed by atoms with E-state index >= 15 is 0 Å². The van der Waals surface area contributed by atoms with E-state index in [2.05, 4.69) is 15.5 Å². The molecule has 1 amide bonds. The number of carbonyl (C=O) groups is 1. The second-order valence-electron chi connectivity index (χ2n) is 3.89. The molecule has 1 aromatic heterocycles. The molecule has 18 heavy (non-hydrogen) atoms. The van der Waals surface area contributed by atoms with Gasteiger partial charge in [-0.05, 0) is 32.0 Å². The van der Waals surface area contributed by atoms with Gasteiger partial charge in [0.1, 0.15) is 5.82 Å². The number of halogens is 2. The van der Waals surface area contributed by atoms with Gasteiger partial charge in [-0.3, -0.25) is 9.89 Å². The van der Waals surface area contributed by atoms with E-state index in [0.717, 1.165) is 0 Å². The summed E-state index contributed by atoms with van der Waals surface area (Å²) in [6.07, 6.45) is 0. The molecule has 0 aliphatic rings. The van der Waals surface area contributed by atoms with Crippen molar-refractivity contribution in [1.82, 2.24) is 10.2 Å². The Morgan fingerprint density at radius 2 is 2.17 bits per heavy atom. The van der Waals surface area contributed by atoms with Crippen LogP contribution in [0.5, 0.6) is 0 Å². The molecular weight excluding hydrogens is 257 g/mol. The fourth-order valence-corrected chi connectivity index (χ4v) is 1.77. The molecule has 0 aliphatic carbocycles. The van der Waals surface area contributed by atoms with Gasteiger partial charge in [-0.25, -0.2) is 4.39 Å². The third kappa shape index (κ3) is 2.36. The molecule has 0 radical (unpaired) electrons. The van der Waals surface area contributed by atoms with Crippen molar-refractivity contribution in [1.29, 1.82) is 0 Å². The molecule has 4 nitrogen and oxygen atoms in total. The Labute approximate surface area is 108 Å². The van der Waals surface area contributed by atoms with E-state index in [1.165, 1.54) is 18.2 Å². The number of benzene rings is 1. The van der Waals surface area contributed by atoms with Crippen LogP contribution in [0, 0.1) is 19.7 Å². The van der Waals surface area contributed by atoms with E-state index in [9.17, 15) is 9.18 Å². The number of hydrogen-bond donors (Lipinski definition) is 2. The summed E-state index contributed by atoms with van der Waals surface area (Å²) in [4.78, 5) is 12.0. The molecule has 0 atom stereocenters. The quantitative estimate of drug-likeness (QED) is 0.878. The number of nitrogens with zero attached hydrogens (tertiary/aromatic N) is 1. The Morgan fingerprint density at radius 3 is 2.72 bits per heavy atom. The average molecular weight is 268 g/mol. The number of carbonyl (C=O) groups excluding carboxylic acids is 1. The van der Waals surface area contributed by atoms with Crippen molar-refractivity contribution < 1.29 is 9.18 Å². The summed E-state index contributed by atoms with van der Waals surface area (Å²) < 4.78 is 13.2. The highest BCUT2D eigenvalue weighted by Gasteiger charge is 2.15. The Morgan fingerprint density at radius 1 is 1.44 bits per heavy atom. The summed E-state index contributed by atoms with van der Waals surface area (Å²) in [5.74, 6) is -0.907. The first kappa shape index (κ1) is 12.6. The van der Waals surface area contributed by atoms with Crippen molar-refractivity contribution in [2.24, 2.45) is 0 Å². The number of anilines is 1. The third-order valence-corrected chi connectivity index (χ3v) is 2.84. The first-order valence-corrected chi connectivity index (χ1v) is 5.65. The third-order valence-electron chi connectivity index (χ3n) is 2.53. The number of H-pyrrole nitrogens is 1. The minimum absolute atomic E-state index is 0.0173. The van der Waals surface area contributed by atoms with E-state index in [1.54, 1.807) is 13.8 Å². The van der Waals surface area contributed by atoms with Gasteiger partial charge in [-0.1, -0.05) is 11.6 Å². The number of aryl methyl sites for hydroxylation is 2. The Hall–Kier alpha value is -1.88. The number of rotatable bonds is 2. The van der Waals surface area contributed by atoms with Gasteiger partial charge in [0.15, 0.2) is 0 Å². The van der Waals surface area contributed by atoms with Gasteiger partial charge in [-0.2, -0.15) is 5.10 Å². The molecule has 0 aliphatic heterocycles. The van der Waals surface area contributed by atoms with Crippen molar-refractivity contribution in [2.45, 2.75) is 13.8 Å². The molecule has 0 unspecified atom stereocenters. The van der Waals surface area contributed by atoms with E-state index in [0.29, 0.717) is 22.6 Å². The maximum Gasteiger partial charge on any atom is 0.259 e. The largest absolute Gasteiger partial charge is 0.322 e. The summed E-state index contributed by atoms with van der Waals surface area (Å²) in [6.45, 7) is 3.47. The highest BCUT2D eigenvalue weighted by molar-refractivity contribution is 6.30. The minimum atomic E-state index is -0.574. The number of aromatic amines is 1. The first-order valence-electron chi connectivity index (χ1n) is 5.27. The van der Waals surface area contributed by atoms with Crippen molar-refractivity contribution in [3.05, 3.63) is 46.0 Å². The van der Waals surface area contributed by atoms with Gasteiger partial charge < -0.3 is 5.32 Å². The molecule has 2 aromatic rings. The summed E-state index contributed by atoms with van der Waals surface area (Å²) in [6, 6.07) is 4.10. The first-order chi connectivity index (χ1) is 8.49. The predicted molar refractivity (Wildman–Crippen MR) is 67.4 cm³/mol. The topological polar surface area (TPSA) is 57.8 Å². The van der Waals surface area contributed by atoms with Gasteiger partial charge in [0.2, 0.25) is 0 Å². The highest BCUT2D eigenvalue weighted by Crippen LogP contribution is 2.20. The predicted octanol–water partition coefficient (Wildman–Crippen LogP) is 3.07. The average Bonchev–Trinajstić information content (AvgIpc) is 2.64. The van der Waals surface area contributed by atoms with Crippen LogP contribution in [0.1, 0.15) is 21.7 Å². The lowest BCUT2D eigenvalue weighted by atomic mass is 10.2. The van der Waals surface area contributed by atoms with Gasteiger partial charge in [0, 0.05) is 11.4 Å². The molecule has 0 bridgehead atoms. The second kappa shape index (κ2) is 4.78. The molecule has 2 N–H and O–H groups in total. The zero-order valence-corrected chi connectivity index (χ0v) is 10.6. The number of amides is 1. The monoisotopic (exact) mass is 267 g/mol. The van der Waals surface area contributed by atoms with Crippen LogP contribution in [0.15, 0.2) is 18.2 Å². The second-order valence-corrected chi connectivity index (χ2v) is 4.30. The fraction of sp³-hybridized carbons (Fsp3) is 0.167. The van der Waals surface area contributed by atoms with Crippen molar-refractivity contribution >= 4 is 23.2 Å². The van der Waals surface area contributed by atoms with Gasteiger partial charge in [0.05, 0.1) is 16.3 Å². The molecule has 0 spiro atoms. The van der Waals surface area contributed by atoms with Crippen molar-refractivity contribution in [3.63, 3.8) is 0 Å². The van der Waals surface area contributed by atoms with Crippen LogP contribution < -0.4 is 5.32 Å². The van der Waals surface area contributed by atoms with Crippen LogP contribution in [0.2, 0.25) is 5.02 Å². The maximum atomic E-state index is 13.2. The van der Waals surface area contributed by atoms with Crippen LogP contribution in [0.25, 0.3) is 0 Å². The van der Waals surface area contributed by atoms with E-state index in [4.69, 9.17) is 11.6 Å². The summed E-state index contributed by atoms with van der Waals surface area (Å²) in [5.41, 5.74) is 2.08. The van der Waals surface area contributed by atoms with Gasteiger partial charge >= 0.3 is 0 Å². The molecule has 6 heteroatoms. The highest BCUT2D eigenvalue weighted by atomic mass is 35.5. The lowest BCUT2D eigenvalue weighted by Crippen LogP contribution is -2.13. The molecule has 1 heterocycles. The Balaban J connectivity index is 2.24. The van der Waals surface area contributed by atoms with Crippen LogP contribution >= 0.6 is 11.6 Å². The molecule has 1 aromatic carbocycles. The zero-order valence-electron chi connectivity index (χ0n) is 9.84. The molecule has 0 saturated carbocycles. The number of nitrogens with one attached hydrogen (secondary N) is 2. The summed E-state index contributed by atoms with van der Waals surface area (Å²) >= 11 is 5.56. The minimum Gasteiger partial charge on any atom is -0.322 e. The normalized spacial score (nSPS) is 10.4. The van der Waals surface area contributed by atoms with Crippen LogP contribution in [0.4, 0.5) is 10.1 Å². The summed E-state index contributed by atoms with van der Waals surface area (Å²) in [7, 11) is 0. The van der Waals surface area contributed by atoms with Crippen molar-refractivity contribution in [2.75, 3.05) is 5.32 Å². The Kier molecular flexibility index (Phi) is 3.34. The molecule has 94 valence electrons. The van der Waals surface area contributed by atoms with E-state index in [1.807, 2.05) is 0 Å². The fourth-order valence-electron chi connectivity index (χ4n) is 1.65. The lowest BCUT2D eigenvalue weighted by molar-refractivity contribution is 0.102. The molecule has 2 rings (SSSR count). The van der Waals surface area contributed by atoms with Gasteiger partial charge in [-0.15, -0.1) is 0 Å². The van der Waals surface area contributed by atoms with Crippen LogP contribution in [0.3, 0.4) is 0 Å². The Bertz CT molecular complexity index is 590. The smallest absolute Gasteiger partial charge is 0.259 e. The van der Waals surface area contributed by atoms with Crippen LogP contribution in [-0.4, -0.2) is 16.1 Å². The van der Waals surface area contributed by atoms with E-state index < -0.39 is 5.82 Å². The lowest BCUT2D eigenvalue weighted by Gasteiger charge is -2.06. The standard InChI is InChI=1S/C12H11ClFN3O/c1-6-11(7(2)17-16-6)12(18)15-8-3-4-9(13)10(14)5-8/h3-5H,1-2H3,(H,15,18)(H,16,17). The zero-order chi connectivity index (χ0) is 13.3. The summed E-state index contributed by atoms with van der Waals surface area (Å²) in [5, 5.41) is 9.26. The van der Waals surface area contributed by atoms with Crippen molar-refractivity contribution in [3.8, 4) is 0 Å². The number of hydrogen-bond acceptors (Lipinski definition) is 2. The van der Waals surface area contributed by atoms with E-state index in [-0.39, 0.29) is 10.9 Å². The number of aromatic nitrogens is 2. The maximum absolute atomic E-state index is 13.2. The molecular formula is C12H11ClFN3O. The van der Waals surface area contributed by atoms with Gasteiger partial charge in [0.25, 0.3) is 5.91 Å². The SMILES string of the molecule is Cc1n[nH]c(C)c1C(=O)Nc1ccc(Cl)c(F)c1. The van der Waals surface area contributed by atoms with Crippen LogP contribution in [-0.2, 0) is 0 Å². The molecule has 0 fully saturated rings.